The van der Waals surface area contributed by atoms with Gasteiger partial charge >= 0.3 is 6.03 Å². The number of oxime groups is 1. The highest BCUT2D eigenvalue weighted by Crippen LogP contribution is 2.41. The largest absolute Gasteiger partial charge is 0.412 e. The Morgan fingerprint density at radius 1 is 1.15 bits per heavy atom. The summed E-state index contributed by atoms with van der Waals surface area (Å²) in [5, 5.41) is 4.03. The van der Waals surface area contributed by atoms with Gasteiger partial charge in [-0.25, -0.2) is 4.79 Å². The third kappa shape index (κ3) is 4.95. The fourth-order valence-electron chi connectivity index (χ4n) is 3.38. The normalized spacial score (nSPS) is 19.6. The smallest absolute Gasteiger partial charge is 0.332 e. The van der Waals surface area contributed by atoms with Crippen LogP contribution >= 0.6 is 0 Å². The number of carbonyl (C=O) groups is 3. The first-order valence-electron chi connectivity index (χ1n) is 9.25. The van der Waals surface area contributed by atoms with Gasteiger partial charge in [-0.1, -0.05) is 25.4 Å². The van der Waals surface area contributed by atoms with Crippen molar-refractivity contribution in [2.75, 3.05) is 27.8 Å². The van der Waals surface area contributed by atoms with Crippen LogP contribution in [0.3, 0.4) is 0 Å². The highest BCUT2D eigenvalue weighted by atomic mass is 28.4. The number of barbiturate groups is 1. The van der Waals surface area contributed by atoms with Crippen molar-refractivity contribution in [2.45, 2.75) is 52.8 Å². The van der Waals surface area contributed by atoms with E-state index < -0.39 is 31.6 Å². The van der Waals surface area contributed by atoms with Crippen LogP contribution in [0.4, 0.5) is 4.79 Å². The summed E-state index contributed by atoms with van der Waals surface area (Å²) >= 11 is 0. The number of amides is 4. The lowest BCUT2D eigenvalue weighted by molar-refractivity contribution is -0.160. The molecule has 0 aromatic rings. The molecule has 0 spiro atoms. The Labute approximate surface area is 163 Å². The molecule has 1 heterocycles. The molecule has 0 aromatic heterocycles. The molecule has 1 atom stereocenters. The van der Waals surface area contributed by atoms with Gasteiger partial charge in [0.25, 0.3) is 0 Å². The summed E-state index contributed by atoms with van der Waals surface area (Å²) in [5.74, 6) is -1.25. The molecule has 0 aliphatic carbocycles. The van der Waals surface area contributed by atoms with Gasteiger partial charge in [0.1, 0.15) is 12.5 Å². The summed E-state index contributed by atoms with van der Waals surface area (Å²) in [6.07, 6.45) is 1.54. The van der Waals surface area contributed by atoms with Gasteiger partial charge in [-0.05, 0) is 32.0 Å². The van der Waals surface area contributed by atoms with E-state index >= 15 is 0 Å². The molecule has 0 saturated carbocycles. The lowest BCUT2D eigenvalue weighted by Gasteiger charge is -2.45. The standard InChI is InChI=1S/C18H33N3O5Si/c1-9-10-13(2)18(11-14(19-25-5)12-26-27(6,7)8)15(22)20(3)17(24)21(4)16(18)23/h13H,9-12H2,1-8H3. The Hall–Kier alpha value is -1.74. The van der Waals surface area contributed by atoms with Gasteiger partial charge in [0.2, 0.25) is 11.8 Å². The number of hydrogen-bond acceptors (Lipinski definition) is 6. The molecule has 0 bridgehead atoms. The van der Waals surface area contributed by atoms with Crippen molar-refractivity contribution in [2.24, 2.45) is 16.5 Å². The summed E-state index contributed by atoms with van der Waals surface area (Å²) in [4.78, 5) is 45.6. The zero-order valence-electron chi connectivity index (χ0n) is 17.8. The molecule has 1 rings (SSSR count). The Morgan fingerprint density at radius 3 is 2.07 bits per heavy atom. The summed E-state index contributed by atoms with van der Waals surface area (Å²) < 4.78 is 5.93. The van der Waals surface area contributed by atoms with Crippen LogP contribution in [0.5, 0.6) is 0 Å². The average Bonchev–Trinajstić information content (AvgIpc) is 2.59. The van der Waals surface area contributed by atoms with Crippen LogP contribution in [-0.4, -0.2) is 69.5 Å². The van der Waals surface area contributed by atoms with E-state index in [-0.39, 0.29) is 18.9 Å². The molecule has 1 fully saturated rings. The zero-order valence-corrected chi connectivity index (χ0v) is 18.8. The molecule has 8 nitrogen and oxygen atoms in total. The quantitative estimate of drug-likeness (QED) is 0.257. The van der Waals surface area contributed by atoms with Crippen molar-refractivity contribution in [3.63, 3.8) is 0 Å². The van der Waals surface area contributed by atoms with Gasteiger partial charge in [0.15, 0.2) is 8.32 Å². The number of hydrogen-bond donors (Lipinski definition) is 0. The van der Waals surface area contributed by atoms with Crippen molar-refractivity contribution in [3.05, 3.63) is 0 Å². The first kappa shape index (κ1) is 23.3. The summed E-state index contributed by atoms with van der Waals surface area (Å²) in [5.41, 5.74) is -0.908. The SMILES string of the molecule is CCCC(C)C1(CC(CO[Si](C)(C)C)=NOC)C(=O)N(C)C(=O)N(C)C1=O. The maximum Gasteiger partial charge on any atom is 0.332 e. The Balaban J connectivity index is 3.38. The first-order chi connectivity index (χ1) is 12.4. The average molecular weight is 400 g/mol. The Kier molecular flexibility index (Phi) is 7.73. The van der Waals surface area contributed by atoms with E-state index in [1.54, 1.807) is 0 Å². The second-order valence-electron chi connectivity index (χ2n) is 8.09. The van der Waals surface area contributed by atoms with E-state index in [4.69, 9.17) is 9.26 Å². The third-order valence-electron chi connectivity index (χ3n) is 4.88. The van der Waals surface area contributed by atoms with Gasteiger partial charge in [0.05, 0.1) is 12.3 Å². The molecule has 154 valence electrons. The summed E-state index contributed by atoms with van der Waals surface area (Å²) in [6, 6.07) is -0.618. The lowest BCUT2D eigenvalue weighted by atomic mass is 9.67. The van der Waals surface area contributed by atoms with Crippen molar-refractivity contribution < 1.29 is 23.6 Å². The molecule has 27 heavy (non-hydrogen) atoms. The minimum absolute atomic E-state index is 0.0616. The van der Waals surface area contributed by atoms with E-state index in [0.29, 0.717) is 12.1 Å². The fraction of sp³-hybridized carbons (Fsp3) is 0.778. The second-order valence-corrected chi connectivity index (χ2v) is 12.6. The summed E-state index contributed by atoms with van der Waals surface area (Å²) in [7, 11) is 2.40. The van der Waals surface area contributed by atoms with E-state index in [9.17, 15) is 14.4 Å². The van der Waals surface area contributed by atoms with Crippen LogP contribution in [0.15, 0.2) is 5.16 Å². The molecule has 0 N–H and O–H groups in total. The van der Waals surface area contributed by atoms with Crippen molar-refractivity contribution >= 4 is 31.9 Å². The van der Waals surface area contributed by atoms with Crippen molar-refractivity contribution in [1.82, 2.24) is 9.80 Å². The van der Waals surface area contributed by atoms with Crippen LogP contribution in [0.1, 0.15) is 33.1 Å². The van der Waals surface area contributed by atoms with E-state index in [1.165, 1.54) is 21.2 Å². The van der Waals surface area contributed by atoms with Crippen LogP contribution < -0.4 is 0 Å². The first-order valence-corrected chi connectivity index (χ1v) is 12.7. The summed E-state index contributed by atoms with van der Waals surface area (Å²) in [6.45, 7) is 10.2. The second kappa shape index (κ2) is 8.96. The molecule has 0 radical (unpaired) electrons. The number of rotatable bonds is 9. The molecular formula is C18H33N3O5Si. The molecule has 1 aliphatic heterocycles. The fourth-order valence-corrected chi connectivity index (χ4v) is 3.98. The van der Waals surface area contributed by atoms with Crippen LogP contribution in [-0.2, 0) is 18.9 Å². The topological polar surface area (TPSA) is 88.5 Å². The predicted molar refractivity (Wildman–Crippen MR) is 106 cm³/mol. The van der Waals surface area contributed by atoms with E-state index in [1.807, 2.05) is 33.5 Å². The third-order valence-corrected chi connectivity index (χ3v) is 5.89. The maximum absolute atomic E-state index is 13.2. The van der Waals surface area contributed by atoms with Crippen LogP contribution in [0.2, 0.25) is 19.6 Å². The molecule has 0 aromatic carbocycles. The Bertz CT molecular complexity index is 591. The molecule has 1 aliphatic rings. The van der Waals surface area contributed by atoms with Gasteiger partial charge in [-0.2, -0.15) is 0 Å². The maximum atomic E-state index is 13.2. The highest BCUT2D eigenvalue weighted by Gasteiger charge is 2.58. The zero-order chi connectivity index (χ0) is 21.0. The highest BCUT2D eigenvalue weighted by molar-refractivity contribution is 6.69. The lowest BCUT2D eigenvalue weighted by Crippen LogP contribution is -2.65. The molecular weight excluding hydrogens is 366 g/mol. The van der Waals surface area contributed by atoms with Crippen LogP contribution in [0.25, 0.3) is 0 Å². The van der Waals surface area contributed by atoms with Crippen molar-refractivity contribution in [3.8, 4) is 0 Å². The number of carbonyl (C=O) groups excluding carboxylic acids is 3. The van der Waals surface area contributed by atoms with Crippen molar-refractivity contribution in [1.29, 1.82) is 0 Å². The number of nitrogens with zero attached hydrogens (tertiary/aromatic N) is 3. The molecule has 1 saturated heterocycles. The number of imide groups is 2. The van der Waals surface area contributed by atoms with E-state index in [0.717, 1.165) is 16.2 Å². The molecule has 4 amide bonds. The van der Waals surface area contributed by atoms with Crippen LogP contribution in [0, 0.1) is 11.3 Å². The molecule has 1 unspecified atom stereocenters. The van der Waals surface area contributed by atoms with Gasteiger partial charge < -0.3 is 9.26 Å². The number of urea groups is 1. The molecule has 9 heteroatoms. The minimum Gasteiger partial charge on any atom is -0.412 e. The van der Waals surface area contributed by atoms with Gasteiger partial charge in [-0.3, -0.25) is 19.4 Å². The Morgan fingerprint density at radius 2 is 1.67 bits per heavy atom. The van der Waals surface area contributed by atoms with E-state index in [2.05, 4.69) is 5.16 Å². The predicted octanol–water partition coefficient (Wildman–Crippen LogP) is 2.70. The van der Waals surface area contributed by atoms with Gasteiger partial charge in [-0.15, -0.1) is 0 Å². The monoisotopic (exact) mass is 399 g/mol. The minimum atomic E-state index is -1.83. The van der Waals surface area contributed by atoms with Gasteiger partial charge in [0, 0.05) is 20.5 Å².